The molecule has 0 spiro atoms. The van der Waals surface area contributed by atoms with Crippen molar-refractivity contribution < 1.29 is 9.47 Å². The summed E-state index contributed by atoms with van der Waals surface area (Å²) in [6, 6.07) is 14.0. The van der Waals surface area contributed by atoms with Gasteiger partial charge in [-0.2, -0.15) is 0 Å². The highest BCUT2D eigenvalue weighted by Crippen LogP contribution is 2.15. The SMILES string of the molecule is CCOCCCNC(=NC)NCc1cccnc1OCc1ccccc1. The van der Waals surface area contributed by atoms with Crippen LogP contribution in [0.15, 0.2) is 53.7 Å². The molecule has 0 bridgehead atoms. The monoisotopic (exact) mass is 356 g/mol. The van der Waals surface area contributed by atoms with Gasteiger partial charge in [-0.25, -0.2) is 4.98 Å². The Kier molecular flexibility index (Phi) is 9.00. The molecule has 0 aliphatic carbocycles. The van der Waals surface area contributed by atoms with E-state index in [1.807, 2.05) is 49.4 Å². The molecule has 1 heterocycles. The zero-order chi connectivity index (χ0) is 18.5. The standard InChI is InChI=1S/C20H28N4O2/c1-3-25-14-8-13-23-20(21-2)24-15-18-11-7-12-22-19(18)26-16-17-9-5-4-6-10-17/h4-7,9-12H,3,8,13-16H2,1-2H3,(H2,21,23,24). The number of nitrogens with zero attached hydrogens (tertiary/aromatic N) is 2. The van der Waals surface area contributed by atoms with Gasteiger partial charge in [0.1, 0.15) is 6.61 Å². The Balaban J connectivity index is 1.82. The molecule has 26 heavy (non-hydrogen) atoms. The molecule has 1 aromatic carbocycles. The lowest BCUT2D eigenvalue weighted by Gasteiger charge is -2.14. The van der Waals surface area contributed by atoms with Gasteiger partial charge < -0.3 is 20.1 Å². The van der Waals surface area contributed by atoms with Crippen LogP contribution in [0.25, 0.3) is 0 Å². The van der Waals surface area contributed by atoms with E-state index in [1.54, 1.807) is 13.2 Å². The lowest BCUT2D eigenvalue weighted by atomic mass is 10.2. The quantitative estimate of drug-likeness (QED) is 0.389. The molecule has 6 nitrogen and oxygen atoms in total. The molecule has 0 saturated carbocycles. The minimum atomic E-state index is 0.495. The minimum absolute atomic E-state index is 0.495. The van der Waals surface area contributed by atoms with Crippen LogP contribution in [0.2, 0.25) is 0 Å². The molecule has 140 valence electrons. The van der Waals surface area contributed by atoms with Crippen LogP contribution in [0, 0.1) is 0 Å². The third-order valence-corrected chi connectivity index (χ3v) is 3.70. The number of guanidine groups is 1. The van der Waals surface area contributed by atoms with E-state index in [1.165, 1.54) is 0 Å². The van der Waals surface area contributed by atoms with E-state index in [-0.39, 0.29) is 0 Å². The van der Waals surface area contributed by atoms with Crippen LogP contribution in [-0.4, -0.2) is 37.7 Å². The summed E-state index contributed by atoms with van der Waals surface area (Å²) in [7, 11) is 1.76. The first-order chi connectivity index (χ1) is 12.8. The summed E-state index contributed by atoms with van der Waals surface area (Å²) in [6.45, 7) is 5.39. The fourth-order valence-corrected chi connectivity index (χ4v) is 2.34. The number of benzene rings is 1. The molecular formula is C20H28N4O2. The third kappa shape index (κ3) is 7.11. The highest BCUT2D eigenvalue weighted by molar-refractivity contribution is 5.79. The van der Waals surface area contributed by atoms with Crippen molar-refractivity contribution in [3.8, 4) is 5.88 Å². The van der Waals surface area contributed by atoms with Crippen LogP contribution < -0.4 is 15.4 Å². The summed E-state index contributed by atoms with van der Waals surface area (Å²) < 4.78 is 11.2. The van der Waals surface area contributed by atoms with E-state index in [2.05, 4.69) is 20.6 Å². The number of nitrogens with one attached hydrogen (secondary N) is 2. The smallest absolute Gasteiger partial charge is 0.218 e. The van der Waals surface area contributed by atoms with Crippen molar-refractivity contribution in [3.63, 3.8) is 0 Å². The van der Waals surface area contributed by atoms with Gasteiger partial charge in [-0.1, -0.05) is 36.4 Å². The van der Waals surface area contributed by atoms with Crippen LogP contribution in [0.4, 0.5) is 0 Å². The topological polar surface area (TPSA) is 67.8 Å². The summed E-state index contributed by atoms with van der Waals surface area (Å²) in [4.78, 5) is 8.59. The number of pyridine rings is 1. The summed E-state index contributed by atoms with van der Waals surface area (Å²) in [5.41, 5.74) is 2.10. The average molecular weight is 356 g/mol. The Bertz CT molecular complexity index is 662. The Hall–Kier alpha value is -2.60. The van der Waals surface area contributed by atoms with Crippen molar-refractivity contribution >= 4 is 5.96 Å². The lowest BCUT2D eigenvalue weighted by Crippen LogP contribution is -2.37. The molecule has 0 fully saturated rings. The maximum atomic E-state index is 5.89. The van der Waals surface area contributed by atoms with Gasteiger partial charge in [0.05, 0.1) is 0 Å². The van der Waals surface area contributed by atoms with Gasteiger partial charge in [0, 0.05) is 45.1 Å². The Morgan fingerprint density at radius 3 is 2.73 bits per heavy atom. The molecule has 0 radical (unpaired) electrons. The lowest BCUT2D eigenvalue weighted by molar-refractivity contribution is 0.145. The Morgan fingerprint density at radius 2 is 1.96 bits per heavy atom. The molecule has 0 atom stereocenters. The minimum Gasteiger partial charge on any atom is -0.473 e. The first-order valence-electron chi connectivity index (χ1n) is 8.96. The van der Waals surface area contributed by atoms with Crippen molar-refractivity contribution in [3.05, 3.63) is 59.8 Å². The summed E-state index contributed by atoms with van der Waals surface area (Å²) in [6.07, 6.45) is 2.68. The van der Waals surface area contributed by atoms with Crippen LogP contribution in [0.5, 0.6) is 5.88 Å². The fraction of sp³-hybridized carbons (Fsp3) is 0.400. The molecule has 2 N–H and O–H groups in total. The predicted molar refractivity (Wildman–Crippen MR) is 104 cm³/mol. The number of aromatic nitrogens is 1. The van der Waals surface area contributed by atoms with Crippen molar-refractivity contribution in [1.29, 1.82) is 0 Å². The van der Waals surface area contributed by atoms with E-state index >= 15 is 0 Å². The van der Waals surface area contributed by atoms with Crippen LogP contribution >= 0.6 is 0 Å². The van der Waals surface area contributed by atoms with Crippen molar-refractivity contribution in [1.82, 2.24) is 15.6 Å². The van der Waals surface area contributed by atoms with Gasteiger partial charge in [0.25, 0.3) is 0 Å². The van der Waals surface area contributed by atoms with Crippen molar-refractivity contribution in [2.45, 2.75) is 26.5 Å². The molecule has 0 unspecified atom stereocenters. The number of rotatable bonds is 10. The van der Waals surface area contributed by atoms with Gasteiger partial charge in [0.2, 0.25) is 5.88 Å². The van der Waals surface area contributed by atoms with Gasteiger partial charge in [-0.3, -0.25) is 4.99 Å². The van der Waals surface area contributed by atoms with E-state index in [4.69, 9.17) is 9.47 Å². The molecule has 1 aromatic heterocycles. The number of aliphatic imine (C=N–C) groups is 1. The fourth-order valence-electron chi connectivity index (χ4n) is 2.34. The summed E-state index contributed by atoms with van der Waals surface area (Å²) in [5, 5.41) is 6.57. The molecule has 2 rings (SSSR count). The molecule has 2 aromatic rings. The maximum absolute atomic E-state index is 5.89. The van der Waals surface area contributed by atoms with Crippen LogP contribution in [-0.2, 0) is 17.9 Å². The Labute approximate surface area is 155 Å². The third-order valence-electron chi connectivity index (χ3n) is 3.70. The van der Waals surface area contributed by atoms with Crippen molar-refractivity contribution in [2.75, 3.05) is 26.8 Å². The maximum Gasteiger partial charge on any atom is 0.218 e. The number of ether oxygens (including phenoxy) is 2. The molecule has 0 saturated heterocycles. The van der Waals surface area contributed by atoms with Gasteiger partial charge in [0.15, 0.2) is 5.96 Å². The highest BCUT2D eigenvalue weighted by atomic mass is 16.5. The van der Waals surface area contributed by atoms with E-state index < -0.39 is 0 Å². The van der Waals surface area contributed by atoms with Gasteiger partial charge in [-0.15, -0.1) is 0 Å². The van der Waals surface area contributed by atoms with E-state index in [9.17, 15) is 0 Å². The zero-order valence-electron chi connectivity index (χ0n) is 15.6. The second-order valence-corrected chi connectivity index (χ2v) is 5.64. The van der Waals surface area contributed by atoms with Gasteiger partial charge in [-0.05, 0) is 25.0 Å². The molecular weight excluding hydrogens is 328 g/mol. The largest absolute Gasteiger partial charge is 0.473 e. The second kappa shape index (κ2) is 11.9. The van der Waals surface area contributed by atoms with Crippen molar-refractivity contribution in [2.24, 2.45) is 4.99 Å². The van der Waals surface area contributed by atoms with Crippen LogP contribution in [0.3, 0.4) is 0 Å². The second-order valence-electron chi connectivity index (χ2n) is 5.64. The molecule has 6 heteroatoms. The first-order valence-corrected chi connectivity index (χ1v) is 8.96. The van der Waals surface area contributed by atoms with E-state index in [0.29, 0.717) is 19.0 Å². The normalized spacial score (nSPS) is 11.2. The number of hydrogen-bond donors (Lipinski definition) is 2. The zero-order valence-corrected chi connectivity index (χ0v) is 15.6. The predicted octanol–water partition coefficient (Wildman–Crippen LogP) is 2.75. The van der Waals surface area contributed by atoms with Crippen LogP contribution in [0.1, 0.15) is 24.5 Å². The van der Waals surface area contributed by atoms with E-state index in [0.717, 1.165) is 43.3 Å². The molecule has 0 amide bonds. The average Bonchev–Trinajstić information content (AvgIpc) is 2.70. The molecule has 0 aliphatic heterocycles. The summed E-state index contributed by atoms with van der Waals surface area (Å²) in [5.74, 6) is 1.38. The summed E-state index contributed by atoms with van der Waals surface area (Å²) >= 11 is 0. The first kappa shape index (κ1) is 19.7. The number of hydrogen-bond acceptors (Lipinski definition) is 4. The Morgan fingerprint density at radius 1 is 1.12 bits per heavy atom. The highest BCUT2D eigenvalue weighted by Gasteiger charge is 2.06. The molecule has 0 aliphatic rings. The van der Waals surface area contributed by atoms with Gasteiger partial charge >= 0.3 is 0 Å².